The fourth-order valence-electron chi connectivity index (χ4n) is 5.89. The third-order valence-corrected chi connectivity index (χ3v) is 8.37. The van der Waals surface area contributed by atoms with Gasteiger partial charge in [-0.2, -0.15) is 5.26 Å². The first-order valence-corrected chi connectivity index (χ1v) is 11.5. The van der Waals surface area contributed by atoms with E-state index in [9.17, 15) is 5.11 Å². The summed E-state index contributed by atoms with van der Waals surface area (Å²) < 4.78 is 6.32. The Labute approximate surface area is 179 Å². The molecular weight excluding hydrogens is 432 g/mol. The van der Waals surface area contributed by atoms with Crippen LogP contribution in [0.15, 0.2) is 21.2 Å². The van der Waals surface area contributed by atoms with Crippen LogP contribution >= 0.6 is 15.9 Å². The van der Waals surface area contributed by atoms with Crippen LogP contribution in [-0.4, -0.2) is 45.8 Å². The van der Waals surface area contributed by atoms with Gasteiger partial charge in [0.05, 0.1) is 10.7 Å². The zero-order chi connectivity index (χ0) is 20.1. The second kappa shape index (κ2) is 7.57. The number of aliphatic hydroxyl groups excluding tert-OH is 1. The molecule has 2 aromatic rings. The van der Waals surface area contributed by atoms with Crippen LogP contribution in [0.25, 0.3) is 11.0 Å². The maximum Gasteiger partial charge on any atom is 0.204 e. The molecule has 4 heterocycles. The number of aromatic nitrogens is 1. The van der Waals surface area contributed by atoms with E-state index < -0.39 is 0 Å². The Morgan fingerprint density at radius 1 is 1.31 bits per heavy atom. The van der Waals surface area contributed by atoms with Crippen LogP contribution in [0, 0.1) is 23.2 Å². The normalized spacial score (nSPS) is 34.6. The van der Waals surface area contributed by atoms with Crippen LogP contribution in [0.1, 0.15) is 51.2 Å². The topological polar surface area (TPSA) is 85.3 Å². The van der Waals surface area contributed by atoms with Crippen molar-refractivity contribution in [2.75, 3.05) is 11.9 Å². The lowest BCUT2D eigenvalue weighted by Crippen LogP contribution is -2.68. The fourth-order valence-corrected chi connectivity index (χ4v) is 6.42. The second-order valence-corrected chi connectivity index (χ2v) is 9.81. The van der Waals surface area contributed by atoms with Crippen molar-refractivity contribution in [3.8, 4) is 6.07 Å². The molecule has 0 spiro atoms. The number of rotatable bonds is 4. The van der Waals surface area contributed by atoms with Gasteiger partial charge in [-0.3, -0.25) is 4.90 Å². The molecule has 2 aromatic heterocycles. The van der Waals surface area contributed by atoms with Crippen molar-refractivity contribution in [2.24, 2.45) is 11.8 Å². The van der Waals surface area contributed by atoms with Crippen molar-refractivity contribution in [1.29, 1.82) is 5.26 Å². The van der Waals surface area contributed by atoms with Crippen molar-refractivity contribution in [3.63, 3.8) is 0 Å². The number of aliphatic hydroxyl groups is 1. The van der Waals surface area contributed by atoms with E-state index in [-0.39, 0.29) is 0 Å². The summed E-state index contributed by atoms with van der Waals surface area (Å²) in [6, 6.07) is 6.27. The first-order chi connectivity index (χ1) is 14.1. The summed E-state index contributed by atoms with van der Waals surface area (Å²) >= 11 is 3.64. The van der Waals surface area contributed by atoms with E-state index in [2.05, 4.69) is 38.1 Å². The van der Waals surface area contributed by atoms with Gasteiger partial charge in [-0.1, -0.05) is 6.92 Å². The molecular formula is C22H27BrN4O2. The van der Waals surface area contributed by atoms with Gasteiger partial charge < -0.3 is 14.8 Å². The number of furan rings is 1. The molecule has 2 N–H and O–H groups in total. The number of anilines is 1. The predicted molar refractivity (Wildman–Crippen MR) is 114 cm³/mol. The average molecular weight is 459 g/mol. The van der Waals surface area contributed by atoms with Crippen LogP contribution < -0.4 is 5.32 Å². The summed E-state index contributed by atoms with van der Waals surface area (Å²) in [5.74, 6) is 2.24. The highest BCUT2D eigenvalue weighted by molar-refractivity contribution is 9.10. The molecule has 4 aliphatic rings. The zero-order valence-electron chi connectivity index (χ0n) is 16.6. The molecule has 0 radical (unpaired) electrons. The third-order valence-electron chi connectivity index (χ3n) is 7.56. The van der Waals surface area contributed by atoms with Crippen LogP contribution in [0.2, 0.25) is 0 Å². The number of hydrogen-bond acceptors (Lipinski definition) is 6. The van der Waals surface area contributed by atoms with Crippen LogP contribution in [-0.2, 0) is 0 Å². The third kappa shape index (κ3) is 3.26. The van der Waals surface area contributed by atoms with E-state index in [1.54, 1.807) is 12.3 Å². The smallest absolute Gasteiger partial charge is 0.204 e. The lowest BCUT2D eigenvalue weighted by atomic mass is 9.65. The van der Waals surface area contributed by atoms with Gasteiger partial charge >= 0.3 is 0 Å². The SMILES string of the molecule is CC1[C@@H](CO)C[C@@H]2C[C@@H]1N2C1CCC(Nc2ncc3oc(C#N)cc3c2Br)CC1. The van der Waals surface area contributed by atoms with Crippen LogP contribution in [0.3, 0.4) is 0 Å². The largest absolute Gasteiger partial charge is 0.444 e. The minimum atomic E-state index is 0.304. The summed E-state index contributed by atoms with van der Waals surface area (Å²) in [7, 11) is 0. The maximum absolute atomic E-state index is 9.62. The molecule has 0 amide bonds. The number of hydrogen-bond donors (Lipinski definition) is 2. The highest BCUT2D eigenvalue weighted by atomic mass is 79.9. The Morgan fingerprint density at radius 2 is 2.10 bits per heavy atom. The highest BCUT2D eigenvalue weighted by Crippen LogP contribution is 2.48. The quantitative estimate of drug-likeness (QED) is 0.710. The zero-order valence-corrected chi connectivity index (χ0v) is 18.2. The Morgan fingerprint density at radius 3 is 2.79 bits per heavy atom. The molecule has 1 unspecified atom stereocenters. The van der Waals surface area contributed by atoms with Gasteiger partial charge in [-0.25, -0.2) is 4.98 Å². The summed E-state index contributed by atoms with van der Waals surface area (Å²) in [5.41, 5.74) is 0.627. The minimum absolute atomic E-state index is 0.304. The molecule has 6 rings (SSSR count). The van der Waals surface area contributed by atoms with Crippen molar-refractivity contribution in [1.82, 2.24) is 9.88 Å². The Balaban J connectivity index is 1.22. The minimum Gasteiger partial charge on any atom is -0.444 e. The van der Waals surface area contributed by atoms with Gasteiger partial charge in [0.15, 0.2) is 5.58 Å². The van der Waals surface area contributed by atoms with Gasteiger partial charge in [0.25, 0.3) is 0 Å². The number of fused-ring (bicyclic) bond motifs is 3. The molecule has 7 heteroatoms. The Kier molecular flexibility index (Phi) is 5.05. The number of nitriles is 1. The number of nitrogens with zero attached hydrogens (tertiary/aromatic N) is 3. The lowest BCUT2D eigenvalue weighted by molar-refractivity contribution is -0.129. The standard InChI is InChI=1S/C22H27BrN4O2/c1-12-13(11-28)6-16-7-19(12)27(16)15-4-2-14(3-5-15)26-22-21(23)18-8-17(9-24)29-20(18)10-25-22/h8,10,12-16,19,28H,2-7,11H2,1H3,(H,25,26)/t12?,13-,14?,15?,16-,19+/m1/s1. The summed E-state index contributed by atoms with van der Waals surface area (Å²) in [6.45, 7) is 2.67. The highest BCUT2D eigenvalue weighted by Gasteiger charge is 2.51. The number of pyridine rings is 1. The van der Waals surface area contributed by atoms with Crippen LogP contribution in [0.4, 0.5) is 5.82 Å². The van der Waals surface area contributed by atoms with E-state index >= 15 is 0 Å². The van der Waals surface area contributed by atoms with Gasteiger partial charge in [-0.05, 0) is 66.3 Å². The molecule has 2 bridgehead atoms. The molecule has 0 aromatic carbocycles. The van der Waals surface area contributed by atoms with E-state index in [0.29, 0.717) is 54.0 Å². The predicted octanol–water partition coefficient (Wildman–Crippen LogP) is 4.28. The van der Waals surface area contributed by atoms with Gasteiger partial charge in [0.2, 0.25) is 5.76 Å². The van der Waals surface area contributed by atoms with Gasteiger partial charge in [0, 0.05) is 42.2 Å². The molecule has 4 atom stereocenters. The summed E-state index contributed by atoms with van der Waals surface area (Å²) in [5, 5.41) is 23.2. The lowest BCUT2D eigenvalue weighted by Gasteiger charge is -2.62. The molecule has 2 saturated heterocycles. The first-order valence-electron chi connectivity index (χ1n) is 10.7. The van der Waals surface area contributed by atoms with Crippen molar-refractivity contribution in [3.05, 3.63) is 22.5 Å². The van der Waals surface area contributed by atoms with Crippen LogP contribution in [0.5, 0.6) is 0 Å². The van der Waals surface area contributed by atoms with Crippen molar-refractivity contribution < 1.29 is 9.52 Å². The molecule has 154 valence electrons. The number of piperidine rings is 1. The molecule has 4 fully saturated rings. The van der Waals surface area contributed by atoms with E-state index in [0.717, 1.165) is 28.5 Å². The number of halogens is 1. The van der Waals surface area contributed by atoms with Gasteiger partial charge in [0.1, 0.15) is 11.9 Å². The maximum atomic E-state index is 9.62. The molecule has 2 saturated carbocycles. The number of nitrogens with one attached hydrogen (secondary N) is 1. The average Bonchev–Trinajstić information content (AvgIpc) is 3.15. The fraction of sp³-hybridized carbons (Fsp3) is 0.636. The molecule has 29 heavy (non-hydrogen) atoms. The summed E-state index contributed by atoms with van der Waals surface area (Å²) in [6.07, 6.45) is 8.88. The Hall–Kier alpha value is -1.62. The van der Waals surface area contributed by atoms with Crippen molar-refractivity contribution in [2.45, 2.75) is 69.6 Å². The Bertz CT molecular complexity index is 946. The van der Waals surface area contributed by atoms with Gasteiger partial charge in [-0.15, -0.1) is 0 Å². The second-order valence-electron chi connectivity index (χ2n) is 9.01. The monoisotopic (exact) mass is 458 g/mol. The van der Waals surface area contributed by atoms with E-state index in [4.69, 9.17) is 9.68 Å². The molecule has 6 nitrogen and oxygen atoms in total. The van der Waals surface area contributed by atoms with E-state index in [1.807, 2.05) is 6.07 Å². The van der Waals surface area contributed by atoms with Crippen molar-refractivity contribution >= 4 is 32.7 Å². The molecule has 2 aliphatic carbocycles. The molecule has 2 aliphatic heterocycles. The first kappa shape index (κ1) is 19.3. The van der Waals surface area contributed by atoms with E-state index in [1.165, 1.54) is 25.7 Å². The summed E-state index contributed by atoms with van der Waals surface area (Å²) in [4.78, 5) is 7.29.